The van der Waals surface area contributed by atoms with Gasteiger partial charge in [-0.1, -0.05) is 134 Å². The average Bonchev–Trinajstić information content (AvgIpc) is 2.99. The number of aromatic hydroxyl groups is 2. The third-order valence-corrected chi connectivity index (χ3v) is 10.8. The summed E-state index contributed by atoms with van der Waals surface area (Å²) in [6, 6.07) is 7.72. The Balaban J connectivity index is 1.94. The van der Waals surface area contributed by atoms with E-state index in [1.165, 1.54) is 44.3 Å². The van der Waals surface area contributed by atoms with Gasteiger partial charge in [0.2, 0.25) is 0 Å². The van der Waals surface area contributed by atoms with Crippen molar-refractivity contribution in [1.29, 1.82) is 0 Å². The number of thioether (sulfide) groups is 2. The topological polar surface area (TPSA) is 97.6 Å². The van der Waals surface area contributed by atoms with Crippen LogP contribution in [0.5, 0.6) is 35.0 Å². The third kappa shape index (κ3) is 13.1. The quantitative estimate of drug-likeness (QED) is 0.110. The van der Waals surface area contributed by atoms with E-state index in [4.69, 9.17) is 19.4 Å². The fourth-order valence-corrected chi connectivity index (χ4v) is 7.62. The number of ether oxygens (including phenoxy) is 2. The Labute approximate surface area is 317 Å². The number of benzene rings is 2. The molecule has 0 aliphatic heterocycles. The first-order valence-corrected chi connectivity index (χ1v) is 20.8. The second kappa shape index (κ2) is 17.9. The van der Waals surface area contributed by atoms with Crippen molar-refractivity contribution in [1.82, 2.24) is 15.0 Å². The first kappa shape index (κ1) is 42.8. The molecule has 2 N–H and O–H groups in total. The van der Waals surface area contributed by atoms with Crippen molar-refractivity contribution < 1.29 is 19.7 Å². The summed E-state index contributed by atoms with van der Waals surface area (Å²) >= 11 is 3.59. The van der Waals surface area contributed by atoms with Gasteiger partial charge in [-0.05, 0) is 70.3 Å². The van der Waals surface area contributed by atoms with Gasteiger partial charge in [0.25, 0.3) is 0 Å². The monoisotopic (exact) mass is 739 g/mol. The Morgan fingerprint density at radius 2 is 0.882 bits per heavy atom. The van der Waals surface area contributed by atoms with Crippen LogP contribution in [0.1, 0.15) is 157 Å². The van der Waals surface area contributed by atoms with Crippen molar-refractivity contribution in [2.75, 3.05) is 17.3 Å². The zero-order valence-electron chi connectivity index (χ0n) is 33.7. The molecule has 9 heteroatoms. The summed E-state index contributed by atoms with van der Waals surface area (Å²) in [6.07, 6.45) is 8.97. The lowest BCUT2D eigenvalue weighted by Gasteiger charge is -2.28. The Hall–Kier alpha value is -2.65. The highest BCUT2D eigenvalue weighted by Gasteiger charge is 2.29. The van der Waals surface area contributed by atoms with Gasteiger partial charge < -0.3 is 19.7 Å². The summed E-state index contributed by atoms with van der Waals surface area (Å²) in [5.41, 5.74) is 1.88. The van der Waals surface area contributed by atoms with Gasteiger partial charge in [-0.25, -0.2) is 0 Å². The van der Waals surface area contributed by atoms with Crippen LogP contribution in [0.25, 0.3) is 0 Å². The van der Waals surface area contributed by atoms with E-state index in [1.54, 1.807) is 11.8 Å². The molecule has 0 radical (unpaired) electrons. The number of hydrogen-bond donors (Lipinski definition) is 2. The minimum absolute atomic E-state index is 0.122. The molecule has 3 aromatic rings. The van der Waals surface area contributed by atoms with Gasteiger partial charge in [0, 0.05) is 28.0 Å². The van der Waals surface area contributed by atoms with Gasteiger partial charge in [0.1, 0.15) is 23.0 Å². The summed E-state index contributed by atoms with van der Waals surface area (Å²) in [4.78, 5) is 14.1. The molecule has 0 unspecified atom stereocenters. The highest BCUT2D eigenvalue weighted by Crippen LogP contribution is 2.44. The number of phenols is 2. The molecule has 1 heterocycles. The van der Waals surface area contributed by atoms with Crippen LogP contribution >= 0.6 is 23.5 Å². The molecule has 0 fully saturated rings. The second-order valence-electron chi connectivity index (χ2n) is 17.7. The van der Waals surface area contributed by atoms with Crippen LogP contribution in [-0.2, 0) is 21.7 Å². The fraction of sp³-hybridized carbons (Fsp3) is 0.643. The van der Waals surface area contributed by atoms with E-state index in [1.807, 2.05) is 36.0 Å². The molecule has 284 valence electrons. The lowest BCUT2D eigenvalue weighted by Crippen LogP contribution is -2.17. The molecular formula is C42H65N3O4S2. The van der Waals surface area contributed by atoms with E-state index in [0.29, 0.717) is 16.7 Å². The van der Waals surface area contributed by atoms with Crippen molar-refractivity contribution in [3.05, 3.63) is 46.5 Å². The van der Waals surface area contributed by atoms with Crippen LogP contribution in [0.3, 0.4) is 0 Å². The lowest BCUT2D eigenvalue weighted by molar-refractivity contribution is 0.376. The molecule has 0 bridgehead atoms. The van der Waals surface area contributed by atoms with Gasteiger partial charge in [-0.3, -0.25) is 0 Å². The maximum absolute atomic E-state index is 11.3. The molecule has 0 aliphatic rings. The molecular weight excluding hydrogens is 675 g/mol. The molecule has 3 rings (SSSR count). The summed E-state index contributed by atoms with van der Waals surface area (Å²) < 4.78 is 12.8. The first-order valence-electron chi connectivity index (χ1n) is 18.7. The number of nitrogens with zero attached hydrogens (tertiary/aromatic N) is 3. The predicted octanol–water partition coefficient (Wildman–Crippen LogP) is 12.6. The first-order chi connectivity index (χ1) is 23.6. The van der Waals surface area contributed by atoms with Crippen LogP contribution in [0.2, 0.25) is 0 Å². The molecule has 0 aliphatic carbocycles. The van der Waals surface area contributed by atoms with Crippen molar-refractivity contribution >= 4 is 23.5 Å². The largest absolute Gasteiger partial charge is 0.507 e. The highest BCUT2D eigenvalue weighted by molar-refractivity contribution is 8.00. The van der Waals surface area contributed by atoms with Gasteiger partial charge in [-0.15, -0.1) is 4.98 Å². The zero-order chi connectivity index (χ0) is 38.2. The molecule has 0 saturated carbocycles. The molecule has 0 amide bonds. The average molecular weight is 740 g/mol. The second-order valence-corrected chi connectivity index (χ2v) is 20.0. The fourth-order valence-electron chi connectivity index (χ4n) is 5.72. The standard InChI is InChI=1S/C42H65N3O4S2/c1-14-15-16-17-18-19-21-50-22-20-23-51-38-44-36(48-28-24-30(39(2,3)4)34(46)31(25-28)40(5,6)7)43-37(45-38)49-29-26-32(41(8,9)10)35(47)33(27-29)42(11,12)13/h24-27,46-47H,14-23H2,1-13H3. The van der Waals surface area contributed by atoms with Gasteiger partial charge in [0.15, 0.2) is 5.16 Å². The lowest BCUT2D eigenvalue weighted by atomic mass is 9.79. The smallest absolute Gasteiger partial charge is 0.329 e. The van der Waals surface area contributed by atoms with Crippen LogP contribution < -0.4 is 9.47 Å². The Bertz CT molecular complexity index is 1410. The SMILES string of the molecule is CCCCCCCCSCCCSc1nc(Oc2cc(C(C)(C)C)c(O)c(C(C)(C)C)c2)nc(Oc2cc(C(C)(C)C)c(O)c(C(C)(C)C)c2)n1. The zero-order valence-corrected chi connectivity index (χ0v) is 35.4. The van der Waals surface area contributed by atoms with Gasteiger partial charge >= 0.3 is 12.0 Å². The normalized spacial score (nSPS) is 12.7. The minimum atomic E-state index is -0.320. The van der Waals surface area contributed by atoms with Crippen LogP contribution in [0.15, 0.2) is 29.4 Å². The summed E-state index contributed by atoms with van der Waals surface area (Å²) in [6.45, 7) is 27.1. The van der Waals surface area contributed by atoms with Gasteiger partial charge in [0.05, 0.1) is 0 Å². The molecule has 51 heavy (non-hydrogen) atoms. The van der Waals surface area contributed by atoms with E-state index in [9.17, 15) is 10.2 Å². The minimum Gasteiger partial charge on any atom is -0.507 e. The maximum atomic E-state index is 11.3. The summed E-state index contributed by atoms with van der Waals surface area (Å²) in [5.74, 6) is 4.80. The van der Waals surface area contributed by atoms with Crippen molar-refractivity contribution in [2.24, 2.45) is 0 Å². The van der Waals surface area contributed by atoms with Crippen molar-refractivity contribution in [3.8, 4) is 35.0 Å². The Kier molecular flexibility index (Phi) is 15.0. The van der Waals surface area contributed by atoms with Crippen molar-refractivity contribution in [2.45, 2.75) is 162 Å². The molecule has 0 saturated heterocycles. The number of rotatable bonds is 16. The van der Waals surface area contributed by atoms with Crippen molar-refractivity contribution in [3.63, 3.8) is 0 Å². The van der Waals surface area contributed by atoms with Gasteiger partial charge in [-0.2, -0.15) is 21.7 Å². The maximum Gasteiger partial charge on any atom is 0.329 e. The molecule has 7 nitrogen and oxygen atoms in total. The van der Waals surface area contributed by atoms with Crippen LogP contribution in [-0.4, -0.2) is 42.4 Å². The summed E-state index contributed by atoms with van der Waals surface area (Å²) in [7, 11) is 0. The molecule has 2 aromatic carbocycles. The Morgan fingerprint density at radius 3 is 1.27 bits per heavy atom. The van der Waals surface area contributed by atoms with E-state index < -0.39 is 0 Å². The summed E-state index contributed by atoms with van der Waals surface area (Å²) in [5, 5.41) is 23.1. The van der Waals surface area contributed by atoms with E-state index >= 15 is 0 Å². The number of aromatic nitrogens is 3. The molecule has 0 atom stereocenters. The number of unbranched alkanes of at least 4 members (excludes halogenated alkanes) is 5. The predicted molar refractivity (Wildman–Crippen MR) is 217 cm³/mol. The molecule has 0 spiro atoms. The number of hydrogen-bond acceptors (Lipinski definition) is 9. The van der Waals surface area contributed by atoms with Crippen LogP contribution in [0.4, 0.5) is 0 Å². The Morgan fingerprint density at radius 1 is 0.510 bits per heavy atom. The number of phenolic OH excluding ortho intramolecular Hbond substituents is 2. The molecule has 1 aromatic heterocycles. The van der Waals surface area contributed by atoms with E-state index in [0.717, 1.165) is 40.2 Å². The highest BCUT2D eigenvalue weighted by atomic mass is 32.2. The third-order valence-electron chi connectivity index (χ3n) is 8.70. The van der Waals surface area contributed by atoms with E-state index in [-0.39, 0.29) is 45.2 Å². The van der Waals surface area contributed by atoms with Crippen LogP contribution in [0, 0.1) is 0 Å². The van der Waals surface area contributed by atoms with E-state index in [2.05, 4.69) is 95.0 Å².